The van der Waals surface area contributed by atoms with Crippen molar-refractivity contribution in [1.82, 2.24) is 0 Å². The van der Waals surface area contributed by atoms with Gasteiger partial charge in [0.05, 0.1) is 19.4 Å². The van der Waals surface area contributed by atoms with E-state index in [4.69, 9.17) is 24.7 Å². The molecule has 1 aromatic rings. The maximum absolute atomic E-state index is 5.79. The van der Waals surface area contributed by atoms with Gasteiger partial charge in [-0.2, -0.15) is 0 Å². The van der Waals surface area contributed by atoms with Gasteiger partial charge in [-0.1, -0.05) is 0 Å². The Balaban J connectivity index is 2.22. The topological polar surface area (TPSA) is 62.9 Å². The minimum absolute atomic E-state index is 0.463. The van der Waals surface area contributed by atoms with Crippen LogP contribution < -0.4 is 15.2 Å². The predicted molar refractivity (Wildman–Crippen MR) is 70.2 cm³/mol. The van der Waals surface area contributed by atoms with Crippen molar-refractivity contribution in [1.29, 1.82) is 0 Å². The van der Waals surface area contributed by atoms with Crippen molar-refractivity contribution in [2.24, 2.45) is 0 Å². The second kappa shape index (κ2) is 8.60. The Morgan fingerprint density at radius 3 is 2.61 bits per heavy atom. The molecule has 0 bridgehead atoms. The molecule has 0 aliphatic heterocycles. The molecule has 1 rings (SSSR count). The molecule has 0 atom stereocenters. The molecule has 0 amide bonds. The van der Waals surface area contributed by atoms with Gasteiger partial charge in [0.2, 0.25) is 0 Å². The Morgan fingerprint density at radius 2 is 1.89 bits per heavy atom. The molecule has 1 aromatic carbocycles. The number of ether oxygens (including phenoxy) is 4. The van der Waals surface area contributed by atoms with Crippen LogP contribution in [0.3, 0.4) is 0 Å². The Labute approximate surface area is 108 Å². The van der Waals surface area contributed by atoms with Crippen molar-refractivity contribution < 1.29 is 18.9 Å². The van der Waals surface area contributed by atoms with Crippen LogP contribution in [0.25, 0.3) is 0 Å². The zero-order valence-corrected chi connectivity index (χ0v) is 11.0. The maximum Gasteiger partial charge on any atom is 0.145 e. The number of anilines is 1. The average Bonchev–Trinajstić information content (AvgIpc) is 2.39. The minimum atomic E-state index is 0.463. The highest BCUT2D eigenvalue weighted by atomic mass is 16.5. The SMILES string of the molecule is COCCCOCCOc1cc(OC)ccc1N. The maximum atomic E-state index is 5.79. The van der Waals surface area contributed by atoms with E-state index in [-0.39, 0.29) is 0 Å². The first-order valence-electron chi connectivity index (χ1n) is 5.91. The molecule has 0 aromatic heterocycles. The fourth-order valence-electron chi connectivity index (χ4n) is 1.38. The summed E-state index contributed by atoms with van der Waals surface area (Å²) in [6.07, 6.45) is 0.887. The summed E-state index contributed by atoms with van der Waals surface area (Å²) in [5, 5.41) is 0. The van der Waals surface area contributed by atoms with Crippen LogP contribution in [0.4, 0.5) is 5.69 Å². The van der Waals surface area contributed by atoms with Gasteiger partial charge in [0.25, 0.3) is 0 Å². The molecule has 0 saturated carbocycles. The molecule has 0 radical (unpaired) electrons. The summed E-state index contributed by atoms with van der Waals surface area (Å²) in [4.78, 5) is 0. The van der Waals surface area contributed by atoms with E-state index in [1.54, 1.807) is 32.4 Å². The van der Waals surface area contributed by atoms with Crippen LogP contribution in [0.1, 0.15) is 6.42 Å². The molecule has 5 heteroatoms. The smallest absolute Gasteiger partial charge is 0.145 e. The number of rotatable bonds is 9. The second-order valence-electron chi connectivity index (χ2n) is 3.71. The summed E-state index contributed by atoms with van der Waals surface area (Å²) >= 11 is 0. The number of hydrogen-bond donors (Lipinski definition) is 1. The van der Waals surface area contributed by atoms with E-state index in [0.29, 0.717) is 37.9 Å². The van der Waals surface area contributed by atoms with Gasteiger partial charge in [0.1, 0.15) is 18.1 Å². The largest absolute Gasteiger partial charge is 0.497 e. The number of nitrogens with two attached hydrogens (primary N) is 1. The summed E-state index contributed by atoms with van der Waals surface area (Å²) in [7, 11) is 3.28. The van der Waals surface area contributed by atoms with Gasteiger partial charge in [-0.15, -0.1) is 0 Å². The van der Waals surface area contributed by atoms with Gasteiger partial charge in [-0.25, -0.2) is 0 Å². The molecule has 5 nitrogen and oxygen atoms in total. The lowest BCUT2D eigenvalue weighted by Gasteiger charge is -2.10. The lowest BCUT2D eigenvalue weighted by molar-refractivity contribution is 0.0808. The molecular formula is C13H21NO4. The molecule has 0 aliphatic rings. The first-order chi connectivity index (χ1) is 8.77. The van der Waals surface area contributed by atoms with E-state index in [2.05, 4.69) is 0 Å². The lowest BCUT2D eigenvalue weighted by atomic mass is 10.3. The molecule has 2 N–H and O–H groups in total. The Bertz CT molecular complexity index is 344. The van der Waals surface area contributed by atoms with Crippen molar-refractivity contribution in [3.8, 4) is 11.5 Å². The van der Waals surface area contributed by atoms with Crippen LogP contribution in [-0.2, 0) is 9.47 Å². The van der Waals surface area contributed by atoms with Crippen LogP contribution in [0.15, 0.2) is 18.2 Å². The number of hydrogen-bond acceptors (Lipinski definition) is 5. The highest BCUT2D eigenvalue weighted by molar-refractivity contribution is 5.55. The number of nitrogen functional groups attached to an aromatic ring is 1. The molecule has 0 aliphatic carbocycles. The van der Waals surface area contributed by atoms with Crippen LogP contribution in [0, 0.1) is 0 Å². The molecule has 18 heavy (non-hydrogen) atoms. The van der Waals surface area contributed by atoms with Crippen LogP contribution in [-0.4, -0.2) is 40.6 Å². The van der Waals surface area contributed by atoms with E-state index < -0.39 is 0 Å². The summed E-state index contributed by atoms with van der Waals surface area (Å²) in [6.45, 7) is 2.37. The summed E-state index contributed by atoms with van der Waals surface area (Å²) in [5.41, 5.74) is 6.38. The number of methoxy groups -OCH3 is 2. The third kappa shape index (κ3) is 5.25. The monoisotopic (exact) mass is 255 g/mol. The third-order valence-electron chi connectivity index (χ3n) is 2.34. The van der Waals surface area contributed by atoms with Gasteiger partial charge in [-0.05, 0) is 18.6 Å². The van der Waals surface area contributed by atoms with Crippen molar-refractivity contribution >= 4 is 5.69 Å². The van der Waals surface area contributed by atoms with Crippen LogP contribution in [0.5, 0.6) is 11.5 Å². The summed E-state index contributed by atoms with van der Waals surface area (Å²) in [5.74, 6) is 1.34. The van der Waals surface area contributed by atoms with Gasteiger partial charge < -0.3 is 24.7 Å². The van der Waals surface area contributed by atoms with Gasteiger partial charge in [0, 0.05) is 26.4 Å². The lowest BCUT2D eigenvalue weighted by Crippen LogP contribution is -2.09. The average molecular weight is 255 g/mol. The van der Waals surface area contributed by atoms with Crippen molar-refractivity contribution in [2.45, 2.75) is 6.42 Å². The van der Waals surface area contributed by atoms with Crippen LogP contribution >= 0.6 is 0 Å². The Kier molecular flexibility index (Phi) is 6.98. The first-order valence-corrected chi connectivity index (χ1v) is 5.91. The van der Waals surface area contributed by atoms with Crippen molar-refractivity contribution in [2.75, 3.05) is 46.4 Å². The predicted octanol–water partition coefficient (Wildman–Crippen LogP) is 1.71. The van der Waals surface area contributed by atoms with E-state index in [0.717, 1.165) is 12.2 Å². The van der Waals surface area contributed by atoms with Gasteiger partial charge >= 0.3 is 0 Å². The van der Waals surface area contributed by atoms with Crippen molar-refractivity contribution in [3.05, 3.63) is 18.2 Å². The van der Waals surface area contributed by atoms with Gasteiger partial charge in [-0.3, -0.25) is 0 Å². The minimum Gasteiger partial charge on any atom is -0.497 e. The third-order valence-corrected chi connectivity index (χ3v) is 2.34. The molecule has 0 saturated heterocycles. The molecule has 0 fully saturated rings. The fourth-order valence-corrected chi connectivity index (χ4v) is 1.38. The molecule has 0 heterocycles. The molecule has 102 valence electrons. The molecule has 0 unspecified atom stereocenters. The normalized spacial score (nSPS) is 10.3. The van der Waals surface area contributed by atoms with E-state index in [1.165, 1.54) is 0 Å². The highest BCUT2D eigenvalue weighted by Crippen LogP contribution is 2.26. The summed E-state index contributed by atoms with van der Waals surface area (Å²) < 4.78 is 20.9. The summed E-state index contributed by atoms with van der Waals surface area (Å²) in [6, 6.07) is 5.32. The standard InChI is InChI=1S/C13H21NO4/c1-15-6-3-7-17-8-9-18-13-10-11(16-2)4-5-12(13)14/h4-5,10H,3,6-9,14H2,1-2H3. The highest BCUT2D eigenvalue weighted by Gasteiger charge is 2.02. The zero-order chi connectivity index (χ0) is 13.2. The Hall–Kier alpha value is -1.46. The quantitative estimate of drug-likeness (QED) is 0.537. The van der Waals surface area contributed by atoms with Gasteiger partial charge in [0.15, 0.2) is 0 Å². The molecule has 0 spiro atoms. The first kappa shape index (κ1) is 14.6. The van der Waals surface area contributed by atoms with Crippen LogP contribution in [0.2, 0.25) is 0 Å². The van der Waals surface area contributed by atoms with E-state index >= 15 is 0 Å². The van der Waals surface area contributed by atoms with E-state index in [9.17, 15) is 0 Å². The zero-order valence-electron chi connectivity index (χ0n) is 11.0. The second-order valence-corrected chi connectivity index (χ2v) is 3.71. The molecular weight excluding hydrogens is 234 g/mol. The number of benzene rings is 1. The van der Waals surface area contributed by atoms with Crippen molar-refractivity contribution in [3.63, 3.8) is 0 Å². The fraction of sp³-hybridized carbons (Fsp3) is 0.538. The van der Waals surface area contributed by atoms with E-state index in [1.807, 2.05) is 0 Å². The Morgan fingerprint density at radius 1 is 1.06 bits per heavy atom.